The number of hydrogen-bond acceptors (Lipinski definition) is 1. The van der Waals surface area contributed by atoms with Gasteiger partial charge in [0.15, 0.2) is 0 Å². The zero-order valence-corrected chi connectivity index (χ0v) is 9.32. The highest BCUT2D eigenvalue weighted by Gasteiger charge is 2.05. The fraction of sp³-hybridized carbons (Fsp3) is 0.333. The molecule has 0 amide bonds. The molecule has 0 bridgehead atoms. The molecule has 66 valence electrons. The van der Waals surface area contributed by atoms with Crippen LogP contribution in [0.5, 0.6) is 5.75 Å². The summed E-state index contributed by atoms with van der Waals surface area (Å²) < 4.78 is 6.31. The molecule has 0 saturated carbocycles. The van der Waals surface area contributed by atoms with E-state index in [4.69, 9.17) is 16.3 Å². The lowest BCUT2D eigenvalue weighted by atomic mass is 10.3. The molecule has 0 radical (unpaired) electrons. The van der Waals surface area contributed by atoms with Crippen LogP contribution in [0.4, 0.5) is 0 Å². The third-order valence-corrected chi connectivity index (χ3v) is 2.64. The standard InChI is InChI=1S/C9H10BrClO/c1-6(2)12-8-5-3-4-7(11)9(8)10/h3-6H,1-2H3. The number of ether oxygens (including phenoxy) is 1. The maximum Gasteiger partial charge on any atom is 0.135 e. The fourth-order valence-corrected chi connectivity index (χ4v) is 1.35. The number of benzene rings is 1. The molecule has 0 spiro atoms. The molecular weight excluding hydrogens is 239 g/mol. The van der Waals surface area contributed by atoms with Gasteiger partial charge >= 0.3 is 0 Å². The van der Waals surface area contributed by atoms with Crippen molar-refractivity contribution in [3.05, 3.63) is 27.7 Å². The van der Waals surface area contributed by atoms with Crippen molar-refractivity contribution in [2.45, 2.75) is 20.0 Å². The maximum absolute atomic E-state index is 5.87. The normalized spacial score (nSPS) is 10.4. The van der Waals surface area contributed by atoms with Crippen molar-refractivity contribution in [1.82, 2.24) is 0 Å². The van der Waals surface area contributed by atoms with Gasteiger partial charge in [-0.2, -0.15) is 0 Å². The highest BCUT2D eigenvalue weighted by molar-refractivity contribution is 9.10. The van der Waals surface area contributed by atoms with Crippen LogP contribution < -0.4 is 4.74 Å². The molecule has 3 heteroatoms. The molecule has 1 aromatic carbocycles. The van der Waals surface area contributed by atoms with E-state index in [1.54, 1.807) is 0 Å². The Balaban J connectivity index is 2.92. The topological polar surface area (TPSA) is 9.23 Å². The Labute approximate surface area is 85.8 Å². The largest absolute Gasteiger partial charge is 0.490 e. The Morgan fingerprint density at radius 2 is 2.08 bits per heavy atom. The van der Waals surface area contributed by atoms with Crippen LogP contribution in [0, 0.1) is 0 Å². The summed E-state index contributed by atoms with van der Waals surface area (Å²) in [6, 6.07) is 5.57. The first kappa shape index (κ1) is 9.87. The van der Waals surface area contributed by atoms with Gasteiger partial charge in [0.25, 0.3) is 0 Å². The van der Waals surface area contributed by atoms with Crippen LogP contribution in [-0.4, -0.2) is 6.10 Å². The predicted molar refractivity (Wildman–Crippen MR) is 54.9 cm³/mol. The maximum atomic E-state index is 5.87. The second kappa shape index (κ2) is 4.15. The van der Waals surface area contributed by atoms with Crippen molar-refractivity contribution in [3.8, 4) is 5.75 Å². The average molecular weight is 250 g/mol. The quantitative estimate of drug-likeness (QED) is 0.773. The zero-order chi connectivity index (χ0) is 9.14. The number of rotatable bonds is 2. The van der Waals surface area contributed by atoms with E-state index < -0.39 is 0 Å². The summed E-state index contributed by atoms with van der Waals surface area (Å²) in [6.07, 6.45) is 0.166. The van der Waals surface area contributed by atoms with E-state index in [0.29, 0.717) is 5.02 Å². The van der Waals surface area contributed by atoms with Crippen LogP contribution in [0.25, 0.3) is 0 Å². The Morgan fingerprint density at radius 3 is 2.67 bits per heavy atom. The van der Waals surface area contributed by atoms with E-state index in [1.807, 2.05) is 32.0 Å². The summed E-state index contributed by atoms with van der Waals surface area (Å²) >= 11 is 9.22. The molecule has 0 N–H and O–H groups in total. The molecule has 0 heterocycles. The van der Waals surface area contributed by atoms with Crippen LogP contribution in [0.1, 0.15) is 13.8 Å². The predicted octanol–water partition coefficient (Wildman–Crippen LogP) is 3.89. The smallest absolute Gasteiger partial charge is 0.135 e. The van der Waals surface area contributed by atoms with E-state index in [-0.39, 0.29) is 6.10 Å². The molecule has 0 atom stereocenters. The Bertz CT molecular complexity index is 273. The molecular formula is C9H10BrClO. The molecule has 0 aliphatic carbocycles. The summed E-state index contributed by atoms with van der Waals surface area (Å²) in [7, 11) is 0. The minimum atomic E-state index is 0.166. The molecule has 1 aromatic rings. The molecule has 0 unspecified atom stereocenters. The van der Waals surface area contributed by atoms with Crippen molar-refractivity contribution in [3.63, 3.8) is 0 Å². The third-order valence-electron chi connectivity index (χ3n) is 1.28. The van der Waals surface area contributed by atoms with Gasteiger partial charge in [0.05, 0.1) is 15.6 Å². The first-order chi connectivity index (χ1) is 5.61. The van der Waals surface area contributed by atoms with Gasteiger partial charge < -0.3 is 4.74 Å². The Hall–Kier alpha value is -0.210. The van der Waals surface area contributed by atoms with Gasteiger partial charge in [-0.25, -0.2) is 0 Å². The average Bonchev–Trinajstić information content (AvgIpc) is 1.98. The van der Waals surface area contributed by atoms with Gasteiger partial charge in [-0.1, -0.05) is 17.7 Å². The van der Waals surface area contributed by atoms with Gasteiger partial charge in [0, 0.05) is 0 Å². The monoisotopic (exact) mass is 248 g/mol. The minimum Gasteiger partial charge on any atom is -0.490 e. The Kier molecular flexibility index (Phi) is 3.41. The van der Waals surface area contributed by atoms with Crippen molar-refractivity contribution in [2.24, 2.45) is 0 Å². The van der Waals surface area contributed by atoms with Gasteiger partial charge in [-0.05, 0) is 41.9 Å². The molecule has 0 fully saturated rings. The van der Waals surface area contributed by atoms with Crippen molar-refractivity contribution in [2.75, 3.05) is 0 Å². The minimum absolute atomic E-state index is 0.166. The molecule has 0 saturated heterocycles. The lowest BCUT2D eigenvalue weighted by Crippen LogP contribution is -2.05. The molecule has 1 rings (SSSR count). The van der Waals surface area contributed by atoms with Gasteiger partial charge in [0.1, 0.15) is 5.75 Å². The fourth-order valence-electron chi connectivity index (χ4n) is 0.829. The molecule has 1 nitrogen and oxygen atoms in total. The molecule has 0 aliphatic heterocycles. The molecule has 0 aliphatic rings. The number of hydrogen-bond donors (Lipinski definition) is 0. The third kappa shape index (κ3) is 2.39. The summed E-state index contributed by atoms with van der Waals surface area (Å²) in [5.41, 5.74) is 0. The van der Waals surface area contributed by atoms with Gasteiger partial charge in [-0.15, -0.1) is 0 Å². The lowest BCUT2D eigenvalue weighted by molar-refractivity contribution is 0.241. The summed E-state index contributed by atoms with van der Waals surface area (Å²) in [5.74, 6) is 0.789. The van der Waals surface area contributed by atoms with Crippen molar-refractivity contribution < 1.29 is 4.74 Å². The first-order valence-corrected chi connectivity index (χ1v) is 4.89. The van der Waals surface area contributed by atoms with Crippen LogP contribution in [0.2, 0.25) is 5.02 Å². The molecule has 0 aromatic heterocycles. The summed E-state index contributed by atoms with van der Waals surface area (Å²) in [4.78, 5) is 0. The molecule has 12 heavy (non-hydrogen) atoms. The zero-order valence-electron chi connectivity index (χ0n) is 6.97. The summed E-state index contributed by atoms with van der Waals surface area (Å²) in [6.45, 7) is 3.96. The van der Waals surface area contributed by atoms with Crippen LogP contribution in [-0.2, 0) is 0 Å². The van der Waals surface area contributed by atoms with Crippen molar-refractivity contribution >= 4 is 27.5 Å². The van der Waals surface area contributed by atoms with Crippen LogP contribution >= 0.6 is 27.5 Å². The van der Waals surface area contributed by atoms with E-state index in [0.717, 1.165) is 10.2 Å². The SMILES string of the molecule is CC(C)Oc1cccc(Cl)c1Br. The van der Waals surface area contributed by atoms with Crippen LogP contribution in [0.15, 0.2) is 22.7 Å². The van der Waals surface area contributed by atoms with E-state index in [9.17, 15) is 0 Å². The van der Waals surface area contributed by atoms with Crippen molar-refractivity contribution in [1.29, 1.82) is 0 Å². The highest BCUT2D eigenvalue weighted by Crippen LogP contribution is 2.32. The van der Waals surface area contributed by atoms with Gasteiger partial charge in [0.2, 0.25) is 0 Å². The first-order valence-electron chi connectivity index (χ1n) is 3.72. The van der Waals surface area contributed by atoms with E-state index >= 15 is 0 Å². The van der Waals surface area contributed by atoms with E-state index in [2.05, 4.69) is 15.9 Å². The lowest BCUT2D eigenvalue weighted by Gasteiger charge is -2.11. The number of halogens is 2. The van der Waals surface area contributed by atoms with Gasteiger partial charge in [-0.3, -0.25) is 0 Å². The van der Waals surface area contributed by atoms with E-state index in [1.165, 1.54) is 0 Å². The second-order valence-electron chi connectivity index (χ2n) is 2.72. The summed E-state index contributed by atoms with van der Waals surface area (Å²) in [5, 5.41) is 0.674. The second-order valence-corrected chi connectivity index (χ2v) is 3.92. The Morgan fingerprint density at radius 1 is 1.42 bits per heavy atom. The van der Waals surface area contributed by atoms with Crippen LogP contribution in [0.3, 0.4) is 0 Å². The highest BCUT2D eigenvalue weighted by atomic mass is 79.9.